The van der Waals surface area contributed by atoms with Gasteiger partial charge in [-0.05, 0) is 31.2 Å². The number of alkyl halides is 3. The van der Waals surface area contributed by atoms with E-state index in [-0.39, 0.29) is 28.1 Å². The van der Waals surface area contributed by atoms with Gasteiger partial charge in [0, 0.05) is 11.6 Å². The van der Waals surface area contributed by atoms with Gasteiger partial charge in [-0.1, -0.05) is 0 Å². The molecule has 2 aromatic heterocycles. The molecule has 0 aliphatic heterocycles. The van der Waals surface area contributed by atoms with Crippen molar-refractivity contribution in [1.29, 1.82) is 0 Å². The van der Waals surface area contributed by atoms with E-state index in [1.807, 2.05) is 0 Å². The van der Waals surface area contributed by atoms with Crippen molar-refractivity contribution in [2.24, 2.45) is 5.73 Å². The summed E-state index contributed by atoms with van der Waals surface area (Å²) in [6.07, 6.45) is -2.84. The predicted molar refractivity (Wildman–Crippen MR) is 107 cm³/mol. The monoisotopic (exact) mass is 463 g/mol. The lowest BCUT2D eigenvalue weighted by Crippen LogP contribution is -2.16. The maximum atomic E-state index is 14.6. The van der Waals surface area contributed by atoms with Crippen LogP contribution in [0.3, 0.4) is 0 Å². The lowest BCUT2D eigenvalue weighted by atomic mass is 10.1. The molecule has 0 saturated heterocycles. The van der Waals surface area contributed by atoms with E-state index in [9.17, 15) is 26.7 Å². The van der Waals surface area contributed by atoms with E-state index >= 15 is 0 Å². The van der Waals surface area contributed by atoms with Gasteiger partial charge in [0.25, 0.3) is 5.91 Å². The van der Waals surface area contributed by atoms with Gasteiger partial charge < -0.3 is 10.5 Å². The van der Waals surface area contributed by atoms with E-state index in [4.69, 9.17) is 10.5 Å². The molecule has 0 aliphatic rings. The van der Waals surface area contributed by atoms with Gasteiger partial charge in [0.2, 0.25) is 5.82 Å². The van der Waals surface area contributed by atoms with Gasteiger partial charge in [-0.25, -0.2) is 18.7 Å². The molecule has 12 heteroatoms. The van der Waals surface area contributed by atoms with E-state index in [1.165, 1.54) is 18.2 Å². The van der Waals surface area contributed by atoms with Gasteiger partial charge >= 0.3 is 6.18 Å². The zero-order valence-electron chi connectivity index (χ0n) is 16.8. The normalized spacial score (nSPS) is 11.7. The summed E-state index contributed by atoms with van der Waals surface area (Å²) in [5.74, 6) is -4.85. The third kappa shape index (κ3) is 3.95. The number of benzene rings is 2. The molecular weight excluding hydrogens is 449 g/mol. The lowest BCUT2D eigenvalue weighted by molar-refractivity contribution is -0.145. The Bertz CT molecular complexity index is 1370. The molecule has 0 atom stereocenters. The van der Waals surface area contributed by atoms with E-state index in [2.05, 4.69) is 15.0 Å². The second kappa shape index (κ2) is 8.11. The Hall–Kier alpha value is -4.09. The van der Waals surface area contributed by atoms with Crippen LogP contribution in [0.4, 0.5) is 22.0 Å². The van der Waals surface area contributed by atoms with Crippen molar-refractivity contribution in [2.75, 3.05) is 6.61 Å². The van der Waals surface area contributed by atoms with E-state index in [0.717, 1.165) is 29.1 Å². The summed E-state index contributed by atoms with van der Waals surface area (Å²) in [5, 5.41) is 0. The highest BCUT2D eigenvalue weighted by Gasteiger charge is 2.38. The van der Waals surface area contributed by atoms with Crippen LogP contribution in [0.2, 0.25) is 0 Å². The Morgan fingerprint density at radius 1 is 1.12 bits per heavy atom. The van der Waals surface area contributed by atoms with Crippen molar-refractivity contribution >= 4 is 16.9 Å². The first-order valence-electron chi connectivity index (χ1n) is 9.45. The van der Waals surface area contributed by atoms with E-state index in [0.29, 0.717) is 12.4 Å². The number of carbonyl (C=O) groups excluding carboxylic acids is 1. The van der Waals surface area contributed by atoms with Crippen LogP contribution in [0.5, 0.6) is 5.75 Å². The minimum absolute atomic E-state index is 0.0230. The summed E-state index contributed by atoms with van der Waals surface area (Å²) in [6.45, 7) is 2.06. The van der Waals surface area contributed by atoms with Crippen LogP contribution >= 0.6 is 0 Å². The first-order valence-corrected chi connectivity index (χ1v) is 9.45. The third-order valence-electron chi connectivity index (χ3n) is 4.67. The average Bonchev–Trinajstić information content (AvgIpc) is 3.13. The zero-order chi connectivity index (χ0) is 23.9. The van der Waals surface area contributed by atoms with Crippen molar-refractivity contribution in [3.63, 3.8) is 0 Å². The largest absolute Gasteiger partial charge is 0.494 e. The molecule has 0 radical (unpaired) electrons. The number of hydrogen-bond donors (Lipinski definition) is 1. The molecule has 4 rings (SSSR count). The van der Waals surface area contributed by atoms with Crippen LogP contribution < -0.4 is 10.5 Å². The van der Waals surface area contributed by atoms with Crippen molar-refractivity contribution in [3.8, 4) is 22.8 Å². The molecule has 0 fully saturated rings. The summed E-state index contributed by atoms with van der Waals surface area (Å²) in [6, 6.07) is 6.10. The fourth-order valence-corrected chi connectivity index (χ4v) is 3.29. The molecule has 2 aromatic carbocycles. The van der Waals surface area contributed by atoms with Gasteiger partial charge in [-0.15, -0.1) is 0 Å². The van der Waals surface area contributed by atoms with Crippen LogP contribution in [-0.4, -0.2) is 32.0 Å². The Morgan fingerprint density at radius 2 is 1.88 bits per heavy atom. The number of halogens is 5. The van der Waals surface area contributed by atoms with Crippen LogP contribution in [-0.2, 0) is 6.18 Å². The Balaban J connectivity index is 1.84. The summed E-state index contributed by atoms with van der Waals surface area (Å²) in [5.41, 5.74) is 3.73. The Labute approximate surface area is 182 Å². The number of nitrogens with two attached hydrogens (primary N) is 1. The molecule has 4 aromatic rings. The smallest absolute Gasteiger partial charge is 0.450 e. The highest BCUT2D eigenvalue weighted by atomic mass is 19.4. The zero-order valence-corrected chi connectivity index (χ0v) is 16.8. The van der Waals surface area contributed by atoms with Gasteiger partial charge in [0.15, 0.2) is 5.82 Å². The first-order chi connectivity index (χ1) is 15.6. The summed E-state index contributed by atoms with van der Waals surface area (Å²) >= 11 is 0. The quantitative estimate of drug-likeness (QED) is 0.446. The van der Waals surface area contributed by atoms with Gasteiger partial charge in [-0.3, -0.25) is 14.3 Å². The molecule has 2 heterocycles. The standard InChI is InChI=1S/C21H14F5N5O2/c1-2-33-10-3-6-15-13(7-10)30-20(21(24,25)26)31(15)16-9-28-14(8-29-16)11-4-5-12(22)17(18(11)23)19(27)32/h3-9H,2H2,1H3,(H2,27,32). The highest BCUT2D eigenvalue weighted by Crippen LogP contribution is 2.34. The first kappa shape index (κ1) is 22.1. The van der Waals surface area contributed by atoms with Crippen molar-refractivity contribution in [3.05, 3.63) is 65.7 Å². The molecule has 170 valence electrons. The fraction of sp³-hybridized carbons (Fsp3) is 0.143. The topological polar surface area (TPSA) is 95.9 Å². The van der Waals surface area contributed by atoms with Crippen molar-refractivity contribution in [1.82, 2.24) is 19.5 Å². The maximum Gasteiger partial charge on any atom is 0.450 e. The molecule has 2 N–H and O–H groups in total. The predicted octanol–water partition coefficient (Wildman–Crippen LogP) is 4.28. The molecule has 0 bridgehead atoms. The summed E-state index contributed by atoms with van der Waals surface area (Å²) in [7, 11) is 0. The minimum atomic E-state index is -4.81. The summed E-state index contributed by atoms with van der Waals surface area (Å²) in [4.78, 5) is 22.9. The number of aromatic nitrogens is 4. The molecule has 0 spiro atoms. The number of ether oxygens (including phenoxy) is 1. The Morgan fingerprint density at radius 3 is 2.48 bits per heavy atom. The van der Waals surface area contributed by atoms with Crippen LogP contribution in [0.25, 0.3) is 28.1 Å². The minimum Gasteiger partial charge on any atom is -0.494 e. The number of amides is 1. The van der Waals surface area contributed by atoms with Crippen molar-refractivity contribution in [2.45, 2.75) is 13.1 Å². The van der Waals surface area contributed by atoms with Crippen LogP contribution in [0.1, 0.15) is 23.1 Å². The fourth-order valence-electron chi connectivity index (χ4n) is 3.29. The number of imidazole rings is 1. The SMILES string of the molecule is CCOc1ccc2c(c1)nc(C(F)(F)F)n2-c1cnc(-c2ccc(F)c(C(N)=O)c2F)cn1. The number of rotatable bonds is 5. The number of hydrogen-bond acceptors (Lipinski definition) is 5. The van der Waals surface area contributed by atoms with Gasteiger partial charge in [0.1, 0.15) is 22.9 Å². The van der Waals surface area contributed by atoms with Crippen molar-refractivity contribution < 1.29 is 31.5 Å². The van der Waals surface area contributed by atoms with E-state index < -0.39 is 35.1 Å². The molecule has 0 unspecified atom stereocenters. The Kier molecular flexibility index (Phi) is 5.44. The second-order valence-electron chi connectivity index (χ2n) is 6.76. The molecule has 33 heavy (non-hydrogen) atoms. The van der Waals surface area contributed by atoms with Crippen LogP contribution in [0, 0.1) is 11.6 Å². The van der Waals surface area contributed by atoms with Gasteiger partial charge in [0.05, 0.1) is 35.7 Å². The second-order valence-corrected chi connectivity index (χ2v) is 6.76. The maximum absolute atomic E-state index is 14.6. The number of nitrogens with zero attached hydrogens (tertiary/aromatic N) is 4. The average molecular weight is 463 g/mol. The molecule has 7 nitrogen and oxygen atoms in total. The molecule has 0 saturated carbocycles. The lowest BCUT2D eigenvalue weighted by Gasteiger charge is -2.11. The number of fused-ring (bicyclic) bond motifs is 1. The van der Waals surface area contributed by atoms with E-state index in [1.54, 1.807) is 6.92 Å². The van der Waals surface area contributed by atoms with Gasteiger partial charge in [-0.2, -0.15) is 13.2 Å². The number of carbonyl (C=O) groups is 1. The molecule has 1 amide bonds. The third-order valence-corrected chi connectivity index (χ3v) is 4.67. The van der Waals surface area contributed by atoms with Crippen LogP contribution in [0.15, 0.2) is 42.7 Å². The molecule has 0 aliphatic carbocycles. The summed E-state index contributed by atoms with van der Waals surface area (Å²) < 4.78 is 75.4. The number of primary amides is 1. The molecular formula is C21H14F5N5O2. The highest BCUT2D eigenvalue weighted by molar-refractivity contribution is 5.94.